The molecule has 0 aromatic heterocycles. The number of hydrogen-bond acceptors (Lipinski definition) is 2. The smallest absolute Gasteiger partial charge is 0.161 e. The van der Waals surface area contributed by atoms with E-state index in [1.165, 1.54) is 161 Å². The molecule has 1 N–H and O–H groups in total. The van der Waals surface area contributed by atoms with Gasteiger partial charge in [0.05, 0.1) is 0 Å². The van der Waals surface area contributed by atoms with E-state index in [0.717, 1.165) is 19.3 Å². The van der Waals surface area contributed by atoms with Crippen LogP contribution in [0.25, 0.3) is 0 Å². The van der Waals surface area contributed by atoms with Gasteiger partial charge in [0.2, 0.25) is 0 Å². The molecule has 216 valence electrons. The molecular weight excluding hydrogens is 440 g/mol. The van der Waals surface area contributed by atoms with E-state index in [1.54, 1.807) is 0 Å². The van der Waals surface area contributed by atoms with E-state index in [-0.39, 0.29) is 5.78 Å². The van der Waals surface area contributed by atoms with Crippen molar-refractivity contribution in [2.75, 3.05) is 0 Å². The van der Waals surface area contributed by atoms with Crippen LogP contribution in [-0.2, 0) is 4.79 Å². The van der Waals surface area contributed by atoms with Crippen LogP contribution >= 0.6 is 0 Å². The Labute approximate surface area is 228 Å². The maximum Gasteiger partial charge on any atom is 0.161 e. The fourth-order valence-corrected chi connectivity index (χ4v) is 5.35. The van der Waals surface area contributed by atoms with Crippen molar-refractivity contribution in [3.8, 4) is 0 Å². The maximum atomic E-state index is 12.2. The summed E-state index contributed by atoms with van der Waals surface area (Å²) in [5.74, 6) is 0.0867. The first-order valence-electron chi connectivity index (χ1n) is 16.9. The van der Waals surface area contributed by atoms with Crippen LogP contribution in [0, 0.1) is 0 Å². The fraction of sp³-hybridized carbons (Fsp3) is 0.971. The zero-order chi connectivity index (χ0) is 26.4. The van der Waals surface area contributed by atoms with Crippen molar-refractivity contribution in [2.45, 2.75) is 213 Å². The average molecular weight is 509 g/mol. The number of hydrogen-bond donors (Lipinski definition) is 1. The monoisotopic (exact) mass is 509 g/mol. The molecule has 0 aromatic carbocycles. The molecule has 1 unspecified atom stereocenters. The van der Waals surface area contributed by atoms with Crippen LogP contribution in [0.4, 0.5) is 0 Å². The SMILES string of the molecule is CCCCCCCCCCCCCCCCCC(=O)C(O)CCCCCCCCCCCCCCC. The number of aliphatic hydroxyl groups excluding tert-OH is 1. The predicted molar refractivity (Wildman–Crippen MR) is 161 cm³/mol. The number of unbranched alkanes of at least 4 members (excludes halogenated alkanes) is 26. The van der Waals surface area contributed by atoms with Gasteiger partial charge in [-0.15, -0.1) is 0 Å². The van der Waals surface area contributed by atoms with E-state index >= 15 is 0 Å². The Bertz CT molecular complexity index is 419. The van der Waals surface area contributed by atoms with E-state index in [1.807, 2.05) is 0 Å². The summed E-state index contributed by atoms with van der Waals surface area (Å²) < 4.78 is 0. The van der Waals surface area contributed by atoms with E-state index in [2.05, 4.69) is 13.8 Å². The molecule has 0 amide bonds. The van der Waals surface area contributed by atoms with Crippen LogP contribution in [0.3, 0.4) is 0 Å². The van der Waals surface area contributed by atoms with Crippen molar-refractivity contribution in [2.24, 2.45) is 0 Å². The third-order valence-corrected chi connectivity index (χ3v) is 7.98. The average Bonchev–Trinajstić information content (AvgIpc) is 2.88. The summed E-state index contributed by atoms with van der Waals surface area (Å²) in [6.07, 6.45) is 38.0. The molecule has 0 aromatic rings. The van der Waals surface area contributed by atoms with Gasteiger partial charge < -0.3 is 5.11 Å². The highest BCUT2D eigenvalue weighted by molar-refractivity contribution is 5.82. The van der Waals surface area contributed by atoms with Gasteiger partial charge in [0, 0.05) is 6.42 Å². The molecule has 0 heterocycles. The highest BCUT2D eigenvalue weighted by atomic mass is 16.3. The first-order valence-corrected chi connectivity index (χ1v) is 16.9. The van der Waals surface area contributed by atoms with Gasteiger partial charge in [0.15, 0.2) is 5.78 Å². The normalized spacial score (nSPS) is 12.3. The lowest BCUT2D eigenvalue weighted by atomic mass is 10.00. The highest BCUT2D eigenvalue weighted by Crippen LogP contribution is 2.16. The number of ketones is 1. The molecule has 0 saturated carbocycles. The zero-order valence-corrected chi connectivity index (χ0v) is 25.1. The van der Waals surface area contributed by atoms with Crippen molar-refractivity contribution in [3.63, 3.8) is 0 Å². The predicted octanol–water partition coefficient (Wildman–Crippen LogP) is 11.7. The minimum atomic E-state index is -0.704. The van der Waals surface area contributed by atoms with Crippen LogP contribution in [-0.4, -0.2) is 17.0 Å². The third-order valence-electron chi connectivity index (χ3n) is 7.98. The van der Waals surface area contributed by atoms with Gasteiger partial charge >= 0.3 is 0 Å². The Balaban J connectivity index is 3.28. The molecule has 36 heavy (non-hydrogen) atoms. The summed E-state index contributed by atoms with van der Waals surface area (Å²) in [5.41, 5.74) is 0. The first-order chi connectivity index (χ1) is 17.7. The summed E-state index contributed by atoms with van der Waals surface area (Å²) in [6.45, 7) is 4.56. The van der Waals surface area contributed by atoms with Gasteiger partial charge in [-0.1, -0.05) is 187 Å². The Kier molecular flexibility index (Phi) is 30.5. The quantitative estimate of drug-likeness (QED) is 0.0945. The van der Waals surface area contributed by atoms with Gasteiger partial charge in [0.25, 0.3) is 0 Å². The van der Waals surface area contributed by atoms with Crippen molar-refractivity contribution in [1.82, 2.24) is 0 Å². The topological polar surface area (TPSA) is 37.3 Å². The lowest BCUT2D eigenvalue weighted by Crippen LogP contribution is -2.19. The lowest BCUT2D eigenvalue weighted by molar-refractivity contribution is -0.127. The fourth-order valence-electron chi connectivity index (χ4n) is 5.35. The van der Waals surface area contributed by atoms with E-state index in [4.69, 9.17) is 0 Å². The number of Topliss-reactive ketones (excluding diaryl/α,β-unsaturated/α-hetero) is 1. The van der Waals surface area contributed by atoms with Crippen molar-refractivity contribution in [3.05, 3.63) is 0 Å². The third kappa shape index (κ3) is 28.2. The van der Waals surface area contributed by atoms with Crippen LogP contribution in [0.2, 0.25) is 0 Å². The van der Waals surface area contributed by atoms with Crippen molar-refractivity contribution in [1.29, 1.82) is 0 Å². The Hall–Kier alpha value is -0.370. The molecule has 0 radical (unpaired) electrons. The zero-order valence-electron chi connectivity index (χ0n) is 25.1. The summed E-state index contributed by atoms with van der Waals surface area (Å²) in [6, 6.07) is 0. The molecule has 2 heteroatoms. The molecular formula is C34H68O2. The minimum Gasteiger partial charge on any atom is -0.385 e. The van der Waals surface area contributed by atoms with E-state index in [0.29, 0.717) is 12.8 Å². The second kappa shape index (κ2) is 30.9. The summed E-state index contributed by atoms with van der Waals surface area (Å²) in [5, 5.41) is 10.2. The molecule has 0 aliphatic rings. The first kappa shape index (κ1) is 35.6. The lowest BCUT2D eigenvalue weighted by Gasteiger charge is -2.09. The van der Waals surface area contributed by atoms with E-state index in [9.17, 15) is 9.90 Å². The number of rotatable bonds is 31. The Morgan fingerprint density at radius 3 is 0.972 bits per heavy atom. The van der Waals surface area contributed by atoms with Gasteiger partial charge in [-0.05, 0) is 12.8 Å². The Morgan fingerprint density at radius 1 is 0.417 bits per heavy atom. The molecule has 1 atom stereocenters. The molecule has 0 spiro atoms. The van der Waals surface area contributed by atoms with Crippen molar-refractivity contribution >= 4 is 5.78 Å². The minimum absolute atomic E-state index is 0.0867. The number of aliphatic hydroxyl groups is 1. The Morgan fingerprint density at radius 2 is 0.667 bits per heavy atom. The van der Waals surface area contributed by atoms with Gasteiger partial charge in [0.1, 0.15) is 6.10 Å². The van der Waals surface area contributed by atoms with Crippen LogP contribution < -0.4 is 0 Å². The van der Waals surface area contributed by atoms with Gasteiger partial charge in [-0.25, -0.2) is 0 Å². The second-order valence-electron chi connectivity index (χ2n) is 11.7. The molecule has 0 rings (SSSR count). The number of carbonyl (C=O) groups excluding carboxylic acids is 1. The standard InChI is InChI=1S/C34H68O2/c1-3-5-7-9-11-13-15-17-18-20-22-24-26-28-30-32-34(36)33(35)31-29-27-25-23-21-19-16-14-12-10-8-6-4-2/h33,35H,3-32H2,1-2H3. The van der Waals surface area contributed by atoms with Gasteiger partial charge in [-0.3, -0.25) is 4.79 Å². The highest BCUT2D eigenvalue weighted by Gasteiger charge is 2.13. The van der Waals surface area contributed by atoms with Crippen LogP contribution in [0.5, 0.6) is 0 Å². The van der Waals surface area contributed by atoms with Crippen molar-refractivity contribution < 1.29 is 9.90 Å². The second-order valence-corrected chi connectivity index (χ2v) is 11.7. The molecule has 0 saturated heterocycles. The molecule has 0 aliphatic heterocycles. The maximum absolute atomic E-state index is 12.2. The van der Waals surface area contributed by atoms with Crippen LogP contribution in [0.1, 0.15) is 206 Å². The molecule has 0 fully saturated rings. The summed E-state index contributed by atoms with van der Waals surface area (Å²) in [7, 11) is 0. The van der Waals surface area contributed by atoms with E-state index < -0.39 is 6.10 Å². The number of carbonyl (C=O) groups is 1. The van der Waals surface area contributed by atoms with Crippen LogP contribution in [0.15, 0.2) is 0 Å². The summed E-state index contributed by atoms with van der Waals surface area (Å²) in [4.78, 5) is 12.2. The van der Waals surface area contributed by atoms with Gasteiger partial charge in [-0.2, -0.15) is 0 Å². The molecule has 0 aliphatic carbocycles. The molecule has 0 bridgehead atoms. The largest absolute Gasteiger partial charge is 0.385 e. The molecule has 2 nitrogen and oxygen atoms in total. The summed E-state index contributed by atoms with van der Waals surface area (Å²) >= 11 is 0.